The molecule has 9 heteroatoms. The Bertz CT molecular complexity index is 1550. The van der Waals surface area contributed by atoms with Crippen molar-refractivity contribution in [2.24, 2.45) is 11.5 Å². The predicted molar refractivity (Wildman–Crippen MR) is 140 cm³/mol. The zero-order chi connectivity index (χ0) is 25.7. The summed E-state index contributed by atoms with van der Waals surface area (Å²) in [6.45, 7) is 1.81. The molecule has 3 unspecified atom stereocenters. The molecule has 3 atom stereocenters. The number of nitrogens with zero attached hydrogens (tertiary/aromatic N) is 1. The Morgan fingerprint density at radius 2 is 1.92 bits per heavy atom. The molecule has 3 heterocycles. The van der Waals surface area contributed by atoms with Crippen molar-refractivity contribution in [2.45, 2.75) is 47.5 Å². The van der Waals surface area contributed by atoms with E-state index in [0.29, 0.717) is 44.8 Å². The molecule has 4 aromatic rings. The number of fused-ring (bicyclic) bond motifs is 1. The number of aromatic amines is 1. The zero-order valence-corrected chi connectivity index (χ0v) is 20.9. The number of furan rings is 1. The average Bonchev–Trinajstić information content (AvgIpc) is 3.49. The normalized spacial score (nSPS) is 24.9. The first kappa shape index (κ1) is 23.6. The number of para-hydroxylation sites is 2. The number of imidazole rings is 1. The highest BCUT2D eigenvalue weighted by Crippen LogP contribution is 2.48. The highest BCUT2D eigenvalue weighted by molar-refractivity contribution is 7.99. The molecular formula is C28H26FN5O2S. The van der Waals surface area contributed by atoms with Crippen LogP contribution in [0.15, 0.2) is 98.4 Å². The van der Waals surface area contributed by atoms with E-state index >= 15 is 0 Å². The summed E-state index contributed by atoms with van der Waals surface area (Å²) >= 11 is 1.36. The minimum absolute atomic E-state index is 0.0789. The topological polar surface area (TPSA) is 123 Å². The summed E-state index contributed by atoms with van der Waals surface area (Å²) in [6, 6.07) is 18.1. The van der Waals surface area contributed by atoms with Gasteiger partial charge in [-0.3, -0.25) is 4.79 Å². The van der Waals surface area contributed by atoms with Crippen LogP contribution in [0, 0.1) is 5.82 Å². The molecule has 6 rings (SSSR count). The van der Waals surface area contributed by atoms with Crippen molar-refractivity contribution < 1.29 is 13.6 Å². The van der Waals surface area contributed by atoms with E-state index in [-0.39, 0.29) is 23.9 Å². The van der Waals surface area contributed by atoms with Crippen molar-refractivity contribution in [3.05, 3.63) is 101 Å². The number of halogens is 1. The molecule has 6 N–H and O–H groups in total. The average molecular weight is 516 g/mol. The lowest BCUT2D eigenvalue weighted by Gasteiger charge is -2.44. The van der Waals surface area contributed by atoms with Gasteiger partial charge in [-0.05, 0) is 78.7 Å². The molecule has 2 aromatic heterocycles. The molecule has 37 heavy (non-hydrogen) atoms. The zero-order valence-electron chi connectivity index (χ0n) is 20.1. The predicted octanol–water partition coefficient (Wildman–Crippen LogP) is 5.05. The number of Topliss-reactive ketones (excluding diaryl/α,β-unsaturated/α-hetero) is 1. The summed E-state index contributed by atoms with van der Waals surface area (Å²) in [5.74, 6) is -0.651. The molecule has 1 aliphatic carbocycles. The van der Waals surface area contributed by atoms with E-state index in [2.05, 4.69) is 15.3 Å². The molecular weight excluding hydrogens is 489 g/mol. The van der Waals surface area contributed by atoms with E-state index in [4.69, 9.17) is 15.9 Å². The summed E-state index contributed by atoms with van der Waals surface area (Å²) in [5, 5.41) is 4.63. The van der Waals surface area contributed by atoms with Crippen LogP contribution in [-0.2, 0) is 4.79 Å². The number of rotatable bonds is 4. The van der Waals surface area contributed by atoms with Gasteiger partial charge in [-0.25, -0.2) is 9.37 Å². The van der Waals surface area contributed by atoms with Crippen molar-refractivity contribution in [2.75, 3.05) is 0 Å². The van der Waals surface area contributed by atoms with Crippen LogP contribution in [0.2, 0.25) is 0 Å². The number of hydrogen-bond acceptors (Lipinski definition) is 7. The maximum Gasteiger partial charge on any atom is 0.174 e. The van der Waals surface area contributed by atoms with Crippen LogP contribution in [0.4, 0.5) is 4.39 Å². The van der Waals surface area contributed by atoms with Gasteiger partial charge in [-0.1, -0.05) is 30.3 Å². The summed E-state index contributed by atoms with van der Waals surface area (Å²) in [4.78, 5) is 21.5. The van der Waals surface area contributed by atoms with E-state index in [1.807, 2.05) is 43.3 Å². The number of hydrogen-bond donors (Lipinski definition) is 4. The first-order chi connectivity index (χ1) is 17.8. The molecule has 2 aliphatic rings. The largest absolute Gasteiger partial charge is 0.453 e. The lowest BCUT2D eigenvalue weighted by atomic mass is 9.70. The van der Waals surface area contributed by atoms with E-state index in [1.165, 1.54) is 24.0 Å². The van der Waals surface area contributed by atoms with Gasteiger partial charge in [-0.2, -0.15) is 0 Å². The monoisotopic (exact) mass is 515 g/mol. The maximum atomic E-state index is 14.6. The number of carbonyl (C=O) groups excluding carboxylic acids is 1. The Morgan fingerprint density at radius 1 is 1.14 bits per heavy atom. The van der Waals surface area contributed by atoms with Crippen molar-refractivity contribution in [1.82, 2.24) is 15.3 Å². The first-order valence-electron chi connectivity index (χ1n) is 12.1. The molecule has 7 nitrogen and oxygen atoms in total. The van der Waals surface area contributed by atoms with Gasteiger partial charge in [0.25, 0.3) is 0 Å². The third-order valence-corrected chi connectivity index (χ3v) is 7.90. The fraction of sp³-hybridized carbons (Fsp3) is 0.214. The van der Waals surface area contributed by atoms with E-state index in [1.54, 1.807) is 18.2 Å². The minimum Gasteiger partial charge on any atom is -0.453 e. The summed E-state index contributed by atoms with van der Waals surface area (Å²) < 4.78 is 20.8. The Morgan fingerprint density at radius 3 is 2.70 bits per heavy atom. The van der Waals surface area contributed by atoms with Crippen LogP contribution < -0.4 is 16.8 Å². The van der Waals surface area contributed by atoms with Crippen molar-refractivity contribution in [3.63, 3.8) is 0 Å². The van der Waals surface area contributed by atoms with Gasteiger partial charge < -0.3 is 26.2 Å². The van der Waals surface area contributed by atoms with Crippen LogP contribution in [0.3, 0.4) is 0 Å². The number of ketones is 1. The van der Waals surface area contributed by atoms with Gasteiger partial charge in [0, 0.05) is 17.7 Å². The summed E-state index contributed by atoms with van der Waals surface area (Å²) in [5.41, 5.74) is 15.9. The lowest BCUT2D eigenvalue weighted by molar-refractivity contribution is -0.116. The second kappa shape index (κ2) is 8.93. The van der Waals surface area contributed by atoms with Crippen LogP contribution in [0.5, 0.6) is 0 Å². The van der Waals surface area contributed by atoms with Crippen LogP contribution in [-0.4, -0.2) is 21.4 Å². The lowest BCUT2D eigenvalue weighted by Crippen LogP contribution is -2.57. The third-order valence-electron chi connectivity index (χ3n) is 7.09. The fourth-order valence-electron chi connectivity index (χ4n) is 5.43. The molecule has 0 saturated carbocycles. The third kappa shape index (κ3) is 4.14. The molecule has 0 radical (unpaired) electrons. The fourth-order valence-corrected chi connectivity index (χ4v) is 6.20. The maximum absolute atomic E-state index is 14.6. The van der Waals surface area contributed by atoms with Gasteiger partial charge in [0.1, 0.15) is 17.2 Å². The van der Waals surface area contributed by atoms with Gasteiger partial charge in [-0.15, -0.1) is 0 Å². The number of aromatic nitrogens is 2. The standard InChI is InChI=1S/C28H26FN5O2S/c1-28(31)17(14-30)25(23-10-11-24(36-23)37-27-32-19-8-4-5-9-20(19)33-27)26-21(34-28)12-15(13-22(26)35)16-6-2-3-7-18(16)29/h2-11,14-15,25,34H,12-13,30-31H2,1H3,(H,32,33)/b17-14-. The van der Waals surface area contributed by atoms with Crippen LogP contribution >= 0.6 is 11.8 Å². The molecule has 1 aliphatic heterocycles. The molecule has 2 aromatic carbocycles. The quantitative estimate of drug-likeness (QED) is 0.300. The number of carbonyl (C=O) groups is 1. The van der Waals surface area contributed by atoms with E-state index < -0.39 is 11.6 Å². The van der Waals surface area contributed by atoms with Crippen LogP contribution in [0.25, 0.3) is 11.0 Å². The molecule has 0 saturated heterocycles. The van der Waals surface area contributed by atoms with Gasteiger partial charge in [0.15, 0.2) is 16.0 Å². The second-order valence-electron chi connectivity index (χ2n) is 9.64. The molecule has 188 valence electrons. The molecule has 0 amide bonds. The van der Waals surface area contributed by atoms with E-state index in [0.717, 1.165) is 11.0 Å². The smallest absolute Gasteiger partial charge is 0.174 e. The highest BCUT2D eigenvalue weighted by atomic mass is 32.2. The van der Waals surface area contributed by atoms with Gasteiger partial charge >= 0.3 is 0 Å². The number of benzene rings is 2. The Hall–Kier alpha value is -3.82. The minimum atomic E-state index is -1.02. The summed E-state index contributed by atoms with van der Waals surface area (Å²) in [6.07, 6.45) is 2.11. The van der Waals surface area contributed by atoms with Gasteiger partial charge in [0.2, 0.25) is 0 Å². The molecule has 0 bridgehead atoms. The Balaban J connectivity index is 1.36. The van der Waals surface area contributed by atoms with E-state index in [9.17, 15) is 9.18 Å². The molecule has 0 spiro atoms. The Labute approximate surface area is 217 Å². The number of nitrogens with two attached hydrogens (primary N) is 2. The highest BCUT2D eigenvalue weighted by Gasteiger charge is 2.46. The second-order valence-corrected chi connectivity index (χ2v) is 10.6. The SMILES string of the molecule is CC1(N)NC2=C(C(=O)CC(c3ccccc3F)C2)C(c2ccc(Sc3nc4ccccc4[nH]3)o2)/C1=C/N. The van der Waals surface area contributed by atoms with Crippen molar-refractivity contribution >= 4 is 28.6 Å². The molecule has 0 fully saturated rings. The number of allylic oxidation sites excluding steroid dienone is 2. The van der Waals surface area contributed by atoms with Crippen molar-refractivity contribution in [3.8, 4) is 0 Å². The van der Waals surface area contributed by atoms with Gasteiger partial charge in [0.05, 0.1) is 17.0 Å². The van der Waals surface area contributed by atoms with Crippen molar-refractivity contribution in [1.29, 1.82) is 0 Å². The van der Waals surface area contributed by atoms with Crippen LogP contribution in [0.1, 0.15) is 42.9 Å². The first-order valence-corrected chi connectivity index (χ1v) is 12.9. The number of H-pyrrole nitrogens is 1. The number of nitrogens with one attached hydrogen (secondary N) is 2. The Kier molecular flexibility index (Phi) is 5.69. The summed E-state index contributed by atoms with van der Waals surface area (Å²) in [7, 11) is 0.